The van der Waals surface area contributed by atoms with Gasteiger partial charge in [-0.05, 0) is 37.3 Å². The van der Waals surface area contributed by atoms with Crippen molar-refractivity contribution in [2.24, 2.45) is 5.92 Å². The highest BCUT2D eigenvalue weighted by Crippen LogP contribution is 2.25. The number of aryl methyl sites for hydroxylation is 2. The summed E-state index contributed by atoms with van der Waals surface area (Å²) in [5, 5.41) is 5.45. The Morgan fingerprint density at radius 1 is 1.05 bits per heavy atom. The molecule has 0 unspecified atom stereocenters. The van der Waals surface area contributed by atoms with Crippen molar-refractivity contribution in [2.75, 3.05) is 11.9 Å². The van der Waals surface area contributed by atoms with E-state index in [9.17, 15) is 9.59 Å². The first kappa shape index (κ1) is 16.5. The van der Waals surface area contributed by atoms with E-state index in [0.29, 0.717) is 12.5 Å². The van der Waals surface area contributed by atoms with Gasteiger partial charge in [-0.2, -0.15) is 0 Å². The Kier molecular flexibility index (Phi) is 5.99. The Morgan fingerprint density at radius 3 is 2.32 bits per heavy atom. The van der Waals surface area contributed by atoms with Crippen LogP contribution in [0, 0.1) is 19.8 Å². The molecule has 120 valence electrons. The molecule has 0 atom stereocenters. The van der Waals surface area contributed by atoms with E-state index < -0.39 is 11.8 Å². The van der Waals surface area contributed by atoms with E-state index in [1.165, 1.54) is 32.1 Å². The number of nitrogens with one attached hydrogen (secondary N) is 2. The Morgan fingerprint density at radius 2 is 1.68 bits per heavy atom. The average Bonchev–Trinajstić information content (AvgIpc) is 2.52. The summed E-state index contributed by atoms with van der Waals surface area (Å²) >= 11 is 0. The van der Waals surface area contributed by atoms with Gasteiger partial charge in [0.25, 0.3) is 0 Å². The second-order valence-corrected chi connectivity index (χ2v) is 6.27. The van der Waals surface area contributed by atoms with Crippen LogP contribution in [0.3, 0.4) is 0 Å². The molecule has 1 fully saturated rings. The number of anilines is 1. The standard InChI is InChI=1S/C18H26N2O2/c1-13-7-6-8-14(2)16(13)20-18(22)17(21)19-12-11-15-9-4-3-5-10-15/h6-8,15H,3-5,9-12H2,1-2H3,(H,19,21)(H,20,22). The van der Waals surface area contributed by atoms with Crippen LogP contribution < -0.4 is 10.6 Å². The van der Waals surface area contributed by atoms with Crippen molar-refractivity contribution >= 4 is 17.5 Å². The number of hydrogen-bond acceptors (Lipinski definition) is 2. The molecule has 4 nitrogen and oxygen atoms in total. The van der Waals surface area contributed by atoms with Crippen molar-refractivity contribution in [3.05, 3.63) is 29.3 Å². The van der Waals surface area contributed by atoms with Crippen LogP contribution in [0.25, 0.3) is 0 Å². The summed E-state index contributed by atoms with van der Waals surface area (Å²) in [7, 11) is 0. The molecule has 0 aliphatic heterocycles. The largest absolute Gasteiger partial charge is 0.348 e. The normalized spacial score (nSPS) is 15.4. The third-order valence-corrected chi connectivity index (χ3v) is 4.49. The minimum Gasteiger partial charge on any atom is -0.348 e. The third kappa shape index (κ3) is 4.58. The Hall–Kier alpha value is -1.84. The predicted octanol–water partition coefficient (Wildman–Crippen LogP) is 3.33. The van der Waals surface area contributed by atoms with Crippen LogP contribution in [0.15, 0.2) is 18.2 Å². The van der Waals surface area contributed by atoms with Crippen molar-refractivity contribution in [3.63, 3.8) is 0 Å². The molecule has 22 heavy (non-hydrogen) atoms. The fraction of sp³-hybridized carbons (Fsp3) is 0.556. The van der Waals surface area contributed by atoms with Gasteiger partial charge in [0, 0.05) is 12.2 Å². The molecule has 1 aromatic rings. The van der Waals surface area contributed by atoms with Crippen molar-refractivity contribution < 1.29 is 9.59 Å². The molecule has 4 heteroatoms. The number of carbonyl (C=O) groups is 2. The van der Waals surface area contributed by atoms with Crippen molar-refractivity contribution in [3.8, 4) is 0 Å². The van der Waals surface area contributed by atoms with Gasteiger partial charge in [-0.1, -0.05) is 50.3 Å². The van der Waals surface area contributed by atoms with Gasteiger partial charge in [0.05, 0.1) is 0 Å². The number of rotatable bonds is 4. The lowest BCUT2D eigenvalue weighted by atomic mass is 9.87. The summed E-state index contributed by atoms with van der Waals surface area (Å²) in [6.07, 6.45) is 7.41. The molecular weight excluding hydrogens is 276 g/mol. The molecule has 0 aromatic heterocycles. The van der Waals surface area contributed by atoms with Crippen molar-refractivity contribution in [2.45, 2.75) is 52.4 Å². The number of carbonyl (C=O) groups excluding carboxylic acids is 2. The first-order valence-corrected chi connectivity index (χ1v) is 8.23. The Balaban J connectivity index is 1.78. The fourth-order valence-corrected chi connectivity index (χ4v) is 3.13. The first-order chi connectivity index (χ1) is 10.6. The second kappa shape index (κ2) is 7.97. The quantitative estimate of drug-likeness (QED) is 0.838. The smallest absolute Gasteiger partial charge is 0.313 e. The highest BCUT2D eigenvalue weighted by Gasteiger charge is 2.17. The van der Waals surface area contributed by atoms with Gasteiger partial charge >= 0.3 is 11.8 Å². The van der Waals surface area contributed by atoms with Gasteiger partial charge < -0.3 is 10.6 Å². The summed E-state index contributed by atoms with van der Waals surface area (Å²) in [5.74, 6) is -0.421. The molecular formula is C18H26N2O2. The monoisotopic (exact) mass is 302 g/mol. The van der Waals surface area contributed by atoms with Crippen LogP contribution in [0.4, 0.5) is 5.69 Å². The van der Waals surface area contributed by atoms with Crippen LogP contribution in [0.1, 0.15) is 49.7 Å². The number of benzene rings is 1. The summed E-state index contributed by atoms with van der Waals surface area (Å²) in [6, 6.07) is 5.78. The zero-order valence-corrected chi connectivity index (χ0v) is 13.6. The van der Waals surface area contributed by atoms with Crippen molar-refractivity contribution in [1.29, 1.82) is 0 Å². The van der Waals surface area contributed by atoms with Crippen LogP contribution in [0.5, 0.6) is 0 Å². The molecule has 2 rings (SSSR count). The molecule has 1 saturated carbocycles. The second-order valence-electron chi connectivity index (χ2n) is 6.27. The van der Waals surface area contributed by atoms with Crippen LogP contribution >= 0.6 is 0 Å². The minimum absolute atomic E-state index is 0.543. The molecule has 0 spiro atoms. The molecule has 0 radical (unpaired) electrons. The van der Waals surface area contributed by atoms with Gasteiger partial charge in [-0.15, -0.1) is 0 Å². The maximum atomic E-state index is 12.0. The third-order valence-electron chi connectivity index (χ3n) is 4.49. The highest BCUT2D eigenvalue weighted by atomic mass is 16.2. The van der Waals surface area contributed by atoms with Gasteiger partial charge in [0.1, 0.15) is 0 Å². The minimum atomic E-state index is -0.582. The molecule has 0 bridgehead atoms. The predicted molar refractivity (Wildman–Crippen MR) is 88.7 cm³/mol. The van der Waals surface area contributed by atoms with Gasteiger partial charge in [0.2, 0.25) is 0 Å². The van der Waals surface area contributed by atoms with E-state index in [4.69, 9.17) is 0 Å². The topological polar surface area (TPSA) is 58.2 Å². The van der Waals surface area contributed by atoms with E-state index in [1.54, 1.807) is 0 Å². The summed E-state index contributed by atoms with van der Waals surface area (Å²) in [4.78, 5) is 23.9. The Labute approximate surface area is 132 Å². The number of amides is 2. The van der Waals surface area contributed by atoms with E-state index in [2.05, 4.69) is 10.6 Å². The lowest BCUT2D eigenvalue weighted by Gasteiger charge is -2.21. The fourth-order valence-electron chi connectivity index (χ4n) is 3.13. The van der Waals surface area contributed by atoms with Gasteiger partial charge in [0.15, 0.2) is 0 Å². The van der Waals surface area contributed by atoms with Crippen LogP contribution in [-0.2, 0) is 9.59 Å². The van der Waals surface area contributed by atoms with Crippen molar-refractivity contribution in [1.82, 2.24) is 5.32 Å². The van der Waals surface area contributed by atoms with Crippen LogP contribution in [-0.4, -0.2) is 18.4 Å². The maximum absolute atomic E-state index is 12.0. The number of hydrogen-bond donors (Lipinski definition) is 2. The SMILES string of the molecule is Cc1cccc(C)c1NC(=O)C(=O)NCCC1CCCCC1. The molecule has 1 aromatic carbocycles. The zero-order valence-electron chi connectivity index (χ0n) is 13.6. The average molecular weight is 302 g/mol. The van der Waals surface area contributed by atoms with Crippen LogP contribution in [0.2, 0.25) is 0 Å². The Bertz CT molecular complexity index is 514. The van der Waals surface area contributed by atoms with E-state index in [-0.39, 0.29) is 0 Å². The van der Waals surface area contributed by atoms with E-state index in [1.807, 2.05) is 32.0 Å². The highest BCUT2D eigenvalue weighted by molar-refractivity contribution is 6.39. The molecule has 0 heterocycles. The lowest BCUT2D eigenvalue weighted by Crippen LogP contribution is -2.36. The molecule has 2 amide bonds. The first-order valence-electron chi connectivity index (χ1n) is 8.23. The molecule has 1 aliphatic carbocycles. The zero-order chi connectivity index (χ0) is 15.9. The number of para-hydroxylation sites is 1. The molecule has 2 N–H and O–H groups in total. The lowest BCUT2D eigenvalue weighted by molar-refractivity contribution is -0.136. The van der Waals surface area contributed by atoms with Gasteiger partial charge in [-0.3, -0.25) is 9.59 Å². The van der Waals surface area contributed by atoms with Gasteiger partial charge in [-0.25, -0.2) is 0 Å². The summed E-state index contributed by atoms with van der Waals surface area (Å²) in [5.41, 5.74) is 2.65. The molecule has 1 aliphatic rings. The van der Waals surface area contributed by atoms with E-state index in [0.717, 1.165) is 23.2 Å². The summed E-state index contributed by atoms with van der Waals surface area (Å²) < 4.78 is 0. The molecule has 0 saturated heterocycles. The maximum Gasteiger partial charge on any atom is 0.313 e. The van der Waals surface area contributed by atoms with E-state index >= 15 is 0 Å². The summed E-state index contributed by atoms with van der Waals surface area (Å²) in [6.45, 7) is 4.43.